The van der Waals surface area contributed by atoms with E-state index < -0.39 is 77.1 Å². The number of aromatic nitrogens is 1. The van der Waals surface area contributed by atoms with Crippen LogP contribution in [0.3, 0.4) is 0 Å². The standard InChI is InChI=1S/C63H85FN8O13S/c1-39-55(86-38-68-39)45-15-16-46(35-67-57(75)50-34-47(73)36-71(50)60(78)56(62(3,4)5)70-61(79)63(64)21-22-63)52(33-45)84-31-30-83-29-28-82-27-26-81-25-24-80-23-7-8-41-11-13-42(14-12-41)37-85-40(2)49(19-20-53(66)74)69-58(76)51-32-44-10-6-9-43-17-18-48(65)59(77)72(51)54(43)44/h6,9-16,33,38,40,47-51,56,73H,7-8,17-32,34-37,65H2,1-5H3,(H2,66,74)(H,67,75)(H,69,76)(H,70,79)/t40-,47-,48+,49+,50+,51+,56-/m1/s1. The molecule has 4 aliphatic rings. The number of alkyl halides is 1. The Morgan fingerprint density at radius 1 is 0.872 bits per heavy atom. The lowest BCUT2D eigenvalue weighted by molar-refractivity contribution is -0.145. The van der Waals surface area contributed by atoms with E-state index in [0.29, 0.717) is 83.4 Å². The third-order valence-electron chi connectivity index (χ3n) is 16.1. The number of rotatable bonds is 33. The summed E-state index contributed by atoms with van der Waals surface area (Å²) in [4.78, 5) is 87.8. The number of halogens is 1. The van der Waals surface area contributed by atoms with Crippen LogP contribution in [0, 0.1) is 12.3 Å². The maximum atomic E-state index is 14.7. The molecule has 6 amide bonds. The van der Waals surface area contributed by atoms with Gasteiger partial charge in [0, 0.05) is 44.5 Å². The first-order valence-electron chi connectivity index (χ1n) is 29.9. The normalized spacial score (nSPS) is 19.7. The minimum absolute atomic E-state index is 0.00700. The highest BCUT2D eigenvalue weighted by molar-refractivity contribution is 7.13. The molecule has 1 saturated heterocycles. The zero-order chi connectivity index (χ0) is 61.5. The number of β-amino-alcohol motifs (C(OH)–C–C–N with tert-alkyl or cyclic N) is 1. The molecule has 2 fully saturated rings. The Balaban J connectivity index is 0.677. The summed E-state index contributed by atoms with van der Waals surface area (Å²) in [6.07, 6.45) is 2.32. The molecule has 8 N–H and O–H groups in total. The van der Waals surface area contributed by atoms with Crippen molar-refractivity contribution in [3.63, 3.8) is 0 Å². The van der Waals surface area contributed by atoms with Crippen molar-refractivity contribution in [3.05, 3.63) is 99.7 Å². The number of benzene rings is 3. The largest absolute Gasteiger partial charge is 0.491 e. The number of para-hydroxylation sites is 1. The van der Waals surface area contributed by atoms with Gasteiger partial charge in [-0.2, -0.15) is 0 Å². The van der Waals surface area contributed by atoms with Crippen molar-refractivity contribution in [2.24, 2.45) is 16.9 Å². The third-order valence-corrected chi connectivity index (χ3v) is 17.1. The summed E-state index contributed by atoms with van der Waals surface area (Å²) in [5.74, 6) is -2.42. The zero-order valence-electron chi connectivity index (χ0n) is 50.1. The number of hydrogen-bond donors (Lipinski definition) is 6. The second kappa shape index (κ2) is 30.5. The van der Waals surface area contributed by atoms with Gasteiger partial charge >= 0.3 is 0 Å². The lowest BCUT2D eigenvalue weighted by Crippen LogP contribution is -2.59. The van der Waals surface area contributed by atoms with E-state index in [-0.39, 0.29) is 70.2 Å². The molecule has 0 unspecified atom stereocenters. The lowest BCUT2D eigenvalue weighted by Gasteiger charge is -2.35. The van der Waals surface area contributed by atoms with E-state index in [0.717, 1.165) is 56.9 Å². The van der Waals surface area contributed by atoms with Crippen molar-refractivity contribution in [1.29, 1.82) is 0 Å². The molecule has 23 heteroatoms. The van der Waals surface area contributed by atoms with Crippen molar-refractivity contribution < 1.29 is 66.7 Å². The van der Waals surface area contributed by atoms with Crippen LogP contribution in [0.4, 0.5) is 10.1 Å². The number of nitrogens with one attached hydrogen (secondary N) is 3. The number of carbonyl (C=O) groups is 6. The number of nitrogens with two attached hydrogens (primary N) is 2. The predicted molar refractivity (Wildman–Crippen MR) is 321 cm³/mol. The number of aryl methyl sites for hydroxylation is 3. The number of aliphatic hydroxyl groups is 1. The molecule has 3 aliphatic heterocycles. The SMILES string of the molecule is Cc1ncsc1-c1ccc(CNC(=O)[C@@H]2C[C@@H](O)CN2C(=O)[C@@H](NC(=O)C2(F)CC2)C(C)(C)C)c(OCCOCCOCCOCCOCCCc2ccc(CO[C@H](C)[C@H](CCC(N)=O)NC(=O)[C@@H]3Cc4cccc5c4N3C(=O)[C@@H](N)CC5)cc2)c1. The predicted octanol–water partition coefficient (Wildman–Crippen LogP) is 4.69. The molecule has 21 nitrogen and oxygen atoms in total. The van der Waals surface area contributed by atoms with E-state index in [1.165, 1.54) is 16.2 Å². The number of thiazole rings is 1. The van der Waals surface area contributed by atoms with Crippen molar-refractivity contribution >= 4 is 52.5 Å². The summed E-state index contributed by atoms with van der Waals surface area (Å²) < 4.78 is 50.1. The summed E-state index contributed by atoms with van der Waals surface area (Å²) >= 11 is 1.50. The van der Waals surface area contributed by atoms with Gasteiger partial charge in [0.2, 0.25) is 29.5 Å². The van der Waals surface area contributed by atoms with Crippen molar-refractivity contribution in [2.75, 3.05) is 70.9 Å². The number of anilines is 1. The Morgan fingerprint density at radius 3 is 2.19 bits per heavy atom. The van der Waals surface area contributed by atoms with Gasteiger partial charge in [0.05, 0.1) is 98.9 Å². The number of ether oxygens (including phenoxy) is 6. The molecule has 4 heterocycles. The fourth-order valence-corrected chi connectivity index (χ4v) is 11.7. The van der Waals surface area contributed by atoms with Gasteiger partial charge in [-0.15, -0.1) is 11.3 Å². The molecule has 4 aromatic rings. The van der Waals surface area contributed by atoms with Gasteiger partial charge in [-0.1, -0.05) is 75.4 Å². The van der Waals surface area contributed by atoms with Crippen molar-refractivity contribution in [2.45, 2.75) is 160 Å². The number of amides is 6. The highest BCUT2D eigenvalue weighted by Crippen LogP contribution is 2.41. The first-order chi connectivity index (χ1) is 41.2. The maximum absolute atomic E-state index is 14.7. The van der Waals surface area contributed by atoms with Crippen molar-refractivity contribution in [1.82, 2.24) is 25.8 Å². The molecule has 1 aliphatic carbocycles. The number of primary amides is 1. The number of aliphatic hydroxyl groups excluding tert-OH is 1. The average Bonchev–Trinajstić information content (AvgIpc) is 3.34. The Morgan fingerprint density at radius 2 is 1.53 bits per heavy atom. The molecular formula is C63H85FN8O13S. The van der Waals surface area contributed by atoms with Gasteiger partial charge in [-0.25, -0.2) is 9.37 Å². The van der Waals surface area contributed by atoms with E-state index >= 15 is 0 Å². The van der Waals surface area contributed by atoms with Crippen LogP contribution in [0.5, 0.6) is 5.75 Å². The maximum Gasteiger partial charge on any atom is 0.258 e. The summed E-state index contributed by atoms with van der Waals surface area (Å²) in [5.41, 5.74) is 18.0. The van der Waals surface area contributed by atoms with E-state index in [4.69, 9.17) is 39.9 Å². The van der Waals surface area contributed by atoms with Crippen LogP contribution in [0.25, 0.3) is 10.4 Å². The van der Waals surface area contributed by atoms with Crippen LogP contribution in [0.1, 0.15) is 106 Å². The number of carbonyl (C=O) groups excluding carboxylic acids is 6. The summed E-state index contributed by atoms with van der Waals surface area (Å²) in [5, 5.41) is 19.2. The summed E-state index contributed by atoms with van der Waals surface area (Å²) in [6, 6.07) is 15.6. The van der Waals surface area contributed by atoms with Crippen LogP contribution in [0.2, 0.25) is 0 Å². The third kappa shape index (κ3) is 17.6. The van der Waals surface area contributed by atoms with Gasteiger partial charge in [0.1, 0.15) is 30.5 Å². The minimum Gasteiger partial charge on any atom is -0.491 e. The molecule has 1 aromatic heterocycles. The van der Waals surface area contributed by atoms with E-state index in [1.54, 1.807) is 31.2 Å². The zero-order valence-corrected chi connectivity index (χ0v) is 50.9. The second-order valence-corrected chi connectivity index (χ2v) is 24.6. The fraction of sp³-hybridized carbons (Fsp3) is 0.571. The van der Waals surface area contributed by atoms with E-state index in [9.17, 15) is 38.3 Å². The molecule has 0 spiro atoms. The molecule has 7 atom stereocenters. The number of nitrogens with zero attached hydrogens (tertiary/aromatic N) is 3. The van der Waals surface area contributed by atoms with Gasteiger partial charge in [-0.3, -0.25) is 33.7 Å². The fourth-order valence-electron chi connectivity index (χ4n) is 10.9. The monoisotopic (exact) mass is 1210 g/mol. The van der Waals surface area contributed by atoms with Crippen LogP contribution in [0.15, 0.2) is 66.2 Å². The van der Waals surface area contributed by atoms with Crippen LogP contribution in [-0.2, 0) is 84.9 Å². The smallest absolute Gasteiger partial charge is 0.258 e. The van der Waals surface area contributed by atoms with Gasteiger partial charge in [0.25, 0.3) is 5.91 Å². The Kier molecular flexibility index (Phi) is 23.2. The van der Waals surface area contributed by atoms with Crippen LogP contribution >= 0.6 is 11.3 Å². The Bertz CT molecular complexity index is 2970. The number of likely N-dealkylation sites (tertiary alicyclic amines) is 1. The topological polar surface area (TPSA) is 286 Å². The lowest BCUT2D eigenvalue weighted by atomic mass is 9.85. The van der Waals surface area contributed by atoms with Crippen LogP contribution in [-0.4, -0.2) is 165 Å². The quantitative estimate of drug-likeness (QED) is 0.0353. The number of hydrogen-bond acceptors (Lipinski definition) is 16. The molecule has 0 bridgehead atoms. The molecular weight excluding hydrogens is 1130 g/mol. The van der Waals surface area contributed by atoms with Gasteiger partial charge in [-0.05, 0) is 98.1 Å². The minimum atomic E-state index is -1.98. The van der Waals surface area contributed by atoms with Gasteiger partial charge in [0.15, 0.2) is 5.67 Å². The molecule has 86 heavy (non-hydrogen) atoms. The summed E-state index contributed by atoms with van der Waals surface area (Å²) in [7, 11) is 0. The first kappa shape index (κ1) is 65.5. The average molecular weight is 1210 g/mol. The van der Waals surface area contributed by atoms with Crippen LogP contribution < -0.4 is 37.1 Å². The summed E-state index contributed by atoms with van der Waals surface area (Å²) in [6.45, 7) is 12.7. The van der Waals surface area contributed by atoms with E-state index in [1.807, 2.05) is 62.4 Å². The second-order valence-electron chi connectivity index (χ2n) is 23.8. The Labute approximate surface area is 506 Å². The molecule has 468 valence electrons. The Hall–Kier alpha value is -6.44. The van der Waals surface area contributed by atoms with Crippen molar-refractivity contribution in [3.8, 4) is 16.2 Å². The van der Waals surface area contributed by atoms with E-state index in [2.05, 4.69) is 33.1 Å². The highest BCUT2D eigenvalue weighted by Gasteiger charge is 2.53. The van der Waals surface area contributed by atoms with Gasteiger partial charge < -0.3 is 65.8 Å². The molecule has 0 radical (unpaired) electrons. The molecule has 1 saturated carbocycles. The molecule has 8 rings (SSSR count). The molecule has 3 aromatic carbocycles. The first-order valence-corrected chi connectivity index (χ1v) is 30.8. The highest BCUT2D eigenvalue weighted by atomic mass is 32.1.